The zero-order chi connectivity index (χ0) is 20.4. The Balaban J connectivity index is 2.95. The smallest absolute Gasteiger partial charge is 0.407 e. The number of Topliss-reactive ketones (excluding diaryl/α,β-unsaturated/α-hetero) is 1. The van der Waals surface area contributed by atoms with E-state index < -0.39 is 41.7 Å². The lowest BCUT2D eigenvalue weighted by atomic mass is 9.86. The molecule has 0 aliphatic carbocycles. The van der Waals surface area contributed by atoms with Crippen molar-refractivity contribution in [1.29, 1.82) is 0 Å². The Morgan fingerprint density at radius 2 is 1.67 bits per heavy atom. The lowest BCUT2D eigenvalue weighted by Crippen LogP contribution is -2.52. The number of esters is 2. The van der Waals surface area contributed by atoms with Gasteiger partial charge in [-0.25, -0.2) is 4.79 Å². The molecule has 27 heavy (non-hydrogen) atoms. The zero-order valence-corrected chi connectivity index (χ0v) is 15.9. The molecule has 3 atom stereocenters. The van der Waals surface area contributed by atoms with E-state index in [-0.39, 0.29) is 13.2 Å². The molecule has 3 unspecified atom stereocenters. The number of hydrogen-bond donors (Lipinski definition) is 1. The molecule has 1 rings (SSSR count). The molecule has 0 saturated heterocycles. The summed E-state index contributed by atoms with van der Waals surface area (Å²) in [6.07, 6.45) is -0.866. The lowest BCUT2D eigenvalue weighted by molar-refractivity contribution is -0.154. The molecular weight excluding hydrogens is 354 g/mol. The van der Waals surface area contributed by atoms with Crippen LogP contribution in [0.5, 0.6) is 0 Å². The SMILES string of the molecule is CCOC(=O)C(C(C)=O)C(NC(=O)OCc1ccccc1)C(C)C(=O)OC. The standard InChI is InChI=1S/C19H25NO7/c1-5-26-18(23)15(13(3)21)16(12(2)17(22)25-4)20-19(24)27-11-14-9-7-6-8-10-14/h6-10,12,15-16H,5,11H2,1-4H3,(H,20,24). The van der Waals surface area contributed by atoms with Crippen LogP contribution < -0.4 is 5.32 Å². The highest BCUT2D eigenvalue weighted by atomic mass is 16.6. The first-order valence-corrected chi connectivity index (χ1v) is 8.53. The maximum absolute atomic E-state index is 12.2. The van der Waals surface area contributed by atoms with E-state index in [0.717, 1.165) is 5.56 Å². The van der Waals surface area contributed by atoms with Gasteiger partial charge in [0.15, 0.2) is 0 Å². The third kappa shape index (κ3) is 6.73. The van der Waals surface area contributed by atoms with E-state index >= 15 is 0 Å². The second kappa shape index (κ2) is 10.9. The van der Waals surface area contributed by atoms with E-state index in [1.165, 1.54) is 21.0 Å². The predicted octanol–water partition coefficient (Wildman–Crippen LogP) is 1.86. The zero-order valence-electron chi connectivity index (χ0n) is 15.9. The Kier molecular flexibility index (Phi) is 8.98. The highest BCUT2D eigenvalue weighted by Crippen LogP contribution is 2.19. The molecule has 1 N–H and O–H groups in total. The first kappa shape index (κ1) is 22.1. The first-order valence-electron chi connectivity index (χ1n) is 8.53. The number of methoxy groups -OCH3 is 1. The van der Waals surface area contributed by atoms with Crippen molar-refractivity contribution in [3.63, 3.8) is 0 Å². The van der Waals surface area contributed by atoms with Gasteiger partial charge in [0, 0.05) is 0 Å². The summed E-state index contributed by atoms with van der Waals surface area (Å²) in [4.78, 5) is 48.4. The van der Waals surface area contributed by atoms with Crippen molar-refractivity contribution in [2.45, 2.75) is 33.4 Å². The van der Waals surface area contributed by atoms with Gasteiger partial charge in [0.2, 0.25) is 0 Å². The number of ketones is 1. The fourth-order valence-corrected chi connectivity index (χ4v) is 2.53. The third-order valence-corrected chi connectivity index (χ3v) is 3.95. The van der Waals surface area contributed by atoms with Crippen LogP contribution in [0.25, 0.3) is 0 Å². The Hall–Kier alpha value is -2.90. The number of benzene rings is 1. The van der Waals surface area contributed by atoms with E-state index in [4.69, 9.17) is 9.47 Å². The van der Waals surface area contributed by atoms with Crippen molar-refractivity contribution >= 4 is 23.8 Å². The van der Waals surface area contributed by atoms with Crippen LogP contribution in [-0.2, 0) is 35.2 Å². The fraction of sp³-hybridized carbons (Fsp3) is 0.474. The average molecular weight is 379 g/mol. The number of alkyl carbamates (subject to hydrolysis) is 1. The molecule has 0 aliphatic rings. The van der Waals surface area contributed by atoms with Gasteiger partial charge < -0.3 is 19.5 Å². The number of hydrogen-bond acceptors (Lipinski definition) is 7. The molecule has 0 saturated carbocycles. The summed E-state index contributed by atoms with van der Waals surface area (Å²) < 4.78 is 14.7. The lowest BCUT2D eigenvalue weighted by Gasteiger charge is -2.28. The fourth-order valence-electron chi connectivity index (χ4n) is 2.53. The average Bonchev–Trinajstić information content (AvgIpc) is 2.65. The molecule has 8 heteroatoms. The molecule has 0 heterocycles. The summed E-state index contributed by atoms with van der Waals surface area (Å²) in [6.45, 7) is 4.28. The van der Waals surface area contributed by atoms with Crippen LogP contribution in [0.4, 0.5) is 4.79 Å². The van der Waals surface area contributed by atoms with Gasteiger partial charge >= 0.3 is 18.0 Å². The summed E-state index contributed by atoms with van der Waals surface area (Å²) in [5.41, 5.74) is 0.763. The molecule has 148 valence electrons. The van der Waals surface area contributed by atoms with Gasteiger partial charge in [-0.3, -0.25) is 14.4 Å². The van der Waals surface area contributed by atoms with Gasteiger partial charge in [-0.05, 0) is 26.3 Å². The van der Waals surface area contributed by atoms with Crippen LogP contribution in [0, 0.1) is 11.8 Å². The van der Waals surface area contributed by atoms with Gasteiger partial charge in [-0.15, -0.1) is 0 Å². The van der Waals surface area contributed by atoms with Crippen molar-refractivity contribution in [2.75, 3.05) is 13.7 Å². The van der Waals surface area contributed by atoms with Crippen LogP contribution in [0.3, 0.4) is 0 Å². The minimum atomic E-state index is -1.36. The third-order valence-electron chi connectivity index (χ3n) is 3.95. The second-order valence-corrected chi connectivity index (χ2v) is 5.88. The second-order valence-electron chi connectivity index (χ2n) is 5.88. The monoisotopic (exact) mass is 379 g/mol. The molecule has 1 aromatic rings. The normalized spacial score (nSPS) is 13.6. The summed E-state index contributed by atoms with van der Waals surface area (Å²) in [6, 6.07) is 7.81. The van der Waals surface area contributed by atoms with Gasteiger partial charge in [0.05, 0.1) is 25.7 Å². The van der Waals surface area contributed by atoms with Crippen molar-refractivity contribution in [3.8, 4) is 0 Å². The topological polar surface area (TPSA) is 108 Å². The van der Waals surface area contributed by atoms with Crippen molar-refractivity contribution in [1.82, 2.24) is 5.32 Å². The van der Waals surface area contributed by atoms with Gasteiger partial charge in [-0.1, -0.05) is 30.3 Å². The van der Waals surface area contributed by atoms with Crippen LogP contribution >= 0.6 is 0 Å². The van der Waals surface area contributed by atoms with Crippen LogP contribution in [0.1, 0.15) is 26.3 Å². The molecular formula is C19H25NO7. The molecule has 1 aromatic carbocycles. The molecule has 0 radical (unpaired) electrons. The molecule has 1 amide bonds. The van der Waals surface area contributed by atoms with Crippen LogP contribution in [0.2, 0.25) is 0 Å². The molecule has 0 aliphatic heterocycles. The Morgan fingerprint density at radius 3 is 2.19 bits per heavy atom. The summed E-state index contributed by atoms with van der Waals surface area (Å²) in [5, 5.41) is 2.44. The Morgan fingerprint density at radius 1 is 1.04 bits per heavy atom. The molecule has 0 aromatic heterocycles. The number of carbonyl (C=O) groups is 4. The van der Waals surface area contributed by atoms with Gasteiger partial charge in [-0.2, -0.15) is 0 Å². The van der Waals surface area contributed by atoms with E-state index in [1.807, 2.05) is 6.07 Å². The van der Waals surface area contributed by atoms with Crippen molar-refractivity contribution in [2.24, 2.45) is 11.8 Å². The molecule has 8 nitrogen and oxygen atoms in total. The summed E-state index contributed by atoms with van der Waals surface area (Å²) in [5.74, 6) is -4.38. The minimum Gasteiger partial charge on any atom is -0.469 e. The van der Waals surface area contributed by atoms with Crippen LogP contribution in [-0.4, -0.2) is 43.6 Å². The van der Waals surface area contributed by atoms with Gasteiger partial charge in [0.1, 0.15) is 18.3 Å². The number of ether oxygens (including phenoxy) is 3. The number of rotatable bonds is 9. The first-order chi connectivity index (χ1) is 12.8. The highest BCUT2D eigenvalue weighted by Gasteiger charge is 2.41. The van der Waals surface area contributed by atoms with Gasteiger partial charge in [0.25, 0.3) is 0 Å². The largest absolute Gasteiger partial charge is 0.469 e. The molecule has 0 fully saturated rings. The number of nitrogens with one attached hydrogen (secondary N) is 1. The minimum absolute atomic E-state index is 0.00383. The number of carbonyl (C=O) groups excluding carboxylic acids is 4. The summed E-state index contributed by atoms with van der Waals surface area (Å²) >= 11 is 0. The Bertz CT molecular complexity index is 659. The molecule has 0 spiro atoms. The Labute approximate surface area is 158 Å². The maximum atomic E-state index is 12.2. The van der Waals surface area contributed by atoms with Crippen molar-refractivity contribution < 1.29 is 33.4 Å². The van der Waals surface area contributed by atoms with Crippen molar-refractivity contribution in [3.05, 3.63) is 35.9 Å². The van der Waals surface area contributed by atoms with Crippen LogP contribution in [0.15, 0.2) is 30.3 Å². The van der Waals surface area contributed by atoms with E-state index in [0.29, 0.717) is 0 Å². The quantitative estimate of drug-likeness (QED) is 0.396. The maximum Gasteiger partial charge on any atom is 0.407 e. The summed E-state index contributed by atoms with van der Waals surface area (Å²) in [7, 11) is 1.18. The highest BCUT2D eigenvalue weighted by molar-refractivity contribution is 5.99. The van der Waals surface area contributed by atoms with E-state index in [9.17, 15) is 19.2 Å². The van der Waals surface area contributed by atoms with E-state index in [1.54, 1.807) is 31.2 Å². The molecule has 0 bridgehead atoms. The van der Waals surface area contributed by atoms with E-state index in [2.05, 4.69) is 10.1 Å². The number of amides is 1. The predicted molar refractivity (Wildman–Crippen MR) is 95.5 cm³/mol.